The highest BCUT2D eigenvalue weighted by Gasteiger charge is 2.53. The molecule has 0 amide bonds. The monoisotopic (exact) mass is 2030 g/mol. The lowest BCUT2D eigenvalue weighted by atomic mass is 10.2. The molecule has 0 fully saturated rings. The van der Waals surface area contributed by atoms with Crippen molar-refractivity contribution in [3.63, 3.8) is 0 Å². The Kier molecular flexibility index (Phi) is 39.1. The van der Waals surface area contributed by atoms with E-state index < -0.39 is 67.1 Å². The Labute approximate surface area is 878 Å². The summed E-state index contributed by atoms with van der Waals surface area (Å²) in [6, 6.07) is 230. The van der Waals surface area contributed by atoms with Crippen LogP contribution in [0.1, 0.15) is 20.7 Å². The van der Waals surface area contributed by atoms with Crippen LogP contribution in [0.4, 0.5) is 0 Å². The summed E-state index contributed by atoms with van der Waals surface area (Å²) >= 11 is 0. The second-order valence-electron chi connectivity index (χ2n) is 34.0. The fourth-order valence-electron chi connectivity index (χ4n) is 18.8. The molecule has 0 unspecified atom stereocenters. The first-order valence-electron chi connectivity index (χ1n) is 48.8. The zero-order valence-electron chi connectivity index (χ0n) is 81.9. The average molecular weight is 2030 g/mol. The Hall–Kier alpha value is -16.5. The number of carboxylic acids is 2. The number of aromatic carboxylic acids is 2. The molecule has 728 valence electrons. The highest BCUT2D eigenvalue weighted by Crippen LogP contribution is 2.59. The van der Waals surface area contributed by atoms with Crippen molar-refractivity contribution in [2.75, 3.05) is 0 Å². The van der Waals surface area contributed by atoms with Gasteiger partial charge < -0.3 is 35.5 Å². The molecule has 0 aromatic heterocycles. The maximum absolute atomic E-state index is 10.7. The van der Waals surface area contributed by atoms with Crippen LogP contribution in [0.5, 0.6) is 11.5 Å². The van der Waals surface area contributed by atoms with E-state index in [1.165, 1.54) is 155 Å². The molecule has 0 spiro atoms. The van der Waals surface area contributed by atoms with Gasteiger partial charge in [-0.15, -0.1) is 0 Å². The van der Waals surface area contributed by atoms with Gasteiger partial charge in [0.1, 0.15) is 142 Å². The fourth-order valence-corrected chi connectivity index (χ4v) is 40.1. The minimum Gasteiger partial charge on any atom is -0.907 e. The smallest absolute Gasteiger partial charge is 0.335 e. The summed E-state index contributed by atoms with van der Waals surface area (Å²) in [5, 5.41) is 91.1. The highest BCUT2D eigenvalue weighted by atomic mass is 31.2. The number of benzene rings is 22. The van der Waals surface area contributed by atoms with E-state index in [-0.39, 0.29) is 11.1 Å². The Bertz CT molecular complexity index is 5860. The summed E-state index contributed by atoms with van der Waals surface area (Å²) in [7, 11) is -12.4. The lowest BCUT2D eigenvalue weighted by molar-refractivity contribution is -0.479. The van der Waals surface area contributed by atoms with Gasteiger partial charge in [-0.2, -0.15) is 0 Å². The topological polar surface area (TPSA) is 190 Å². The summed E-state index contributed by atoms with van der Waals surface area (Å²) in [6.07, 6.45) is 0. The molecular formula is C134H110BO9P5. The Morgan fingerprint density at radius 2 is 0.201 bits per heavy atom. The van der Waals surface area contributed by atoms with Crippen LogP contribution in [-0.4, -0.2) is 29.5 Å². The van der Waals surface area contributed by atoms with Crippen LogP contribution in [0.15, 0.2) is 655 Å². The van der Waals surface area contributed by atoms with Gasteiger partial charge in [-0.1, -0.05) is 412 Å². The normalized spacial score (nSPS) is 10.8. The first kappa shape index (κ1) is 107. The fraction of sp³-hybridized carbons (Fsp3) is 0. The maximum Gasteiger partial charge on any atom is 0.335 e. The van der Waals surface area contributed by atoms with E-state index in [9.17, 15) is 19.8 Å². The molecule has 0 aliphatic rings. The van der Waals surface area contributed by atoms with E-state index in [2.05, 4.69) is 607 Å². The molecule has 15 heteroatoms. The van der Waals surface area contributed by atoms with Gasteiger partial charge in [-0.05, 0) is 255 Å². The van der Waals surface area contributed by atoms with E-state index in [1.54, 1.807) is 0 Å². The van der Waals surface area contributed by atoms with E-state index in [0.717, 1.165) is 0 Å². The molecular weight excluding hydrogens is 1920 g/mol. The Balaban J connectivity index is 0.000000132. The van der Waals surface area contributed by atoms with Crippen molar-refractivity contribution in [3.05, 3.63) is 666 Å². The zero-order valence-corrected chi connectivity index (χ0v) is 86.4. The third kappa shape index (κ3) is 25.6. The quantitative estimate of drug-likeness (QED) is 0.0491. The molecule has 0 heterocycles. The average Bonchev–Trinajstić information content (AvgIpc) is 0.756. The third-order valence-corrected chi connectivity index (χ3v) is 46.6. The molecule has 22 rings (SSSR count). The van der Waals surface area contributed by atoms with Crippen LogP contribution in [0, 0.1) is 0 Å². The standard InChI is InChI=1S/5C24H20P.2C7H6O3.BO3/c5*1-5-13-21(14-6-1)25(22-15-7-2-8-16-22,23-17-9-3-10-18-23)24-19-11-4-12-20-24;2*8-6-4-2-1-3-5(6)7(9)10;2-1(3)4/h5*1-20H;2*1-4,8H,(H,9,10);/q5*+1;;;-3/p-2. The molecule has 149 heavy (non-hydrogen) atoms. The Morgan fingerprint density at radius 1 is 0.134 bits per heavy atom. The van der Waals surface area contributed by atoms with Crippen LogP contribution in [0.3, 0.4) is 0 Å². The molecule has 0 saturated heterocycles. The predicted octanol–water partition coefficient (Wildman–Crippen LogP) is 18.5. The predicted molar refractivity (Wildman–Crippen MR) is 628 cm³/mol. The molecule has 0 radical (unpaired) electrons. The molecule has 0 atom stereocenters. The summed E-state index contributed by atoms with van der Waals surface area (Å²) < 4.78 is 0. The van der Waals surface area contributed by atoms with Gasteiger partial charge in [-0.25, -0.2) is 9.59 Å². The number of carbonyl (C=O) groups is 2. The van der Waals surface area contributed by atoms with Crippen LogP contribution in [0.25, 0.3) is 0 Å². The number of rotatable bonds is 22. The number of para-hydroxylation sites is 2. The first-order chi connectivity index (χ1) is 73.3. The van der Waals surface area contributed by atoms with E-state index >= 15 is 0 Å². The lowest BCUT2D eigenvalue weighted by Crippen LogP contribution is -2.56. The molecule has 0 aliphatic carbocycles. The lowest BCUT2D eigenvalue weighted by Gasteiger charge is -2.35. The van der Waals surface area contributed by atoms with Crippen LogP contribution >= 0.6 is 36.3 Å². The van der Waals surface area contributed by atoms with Crippen molar-refractivity contribution in [2.45, 2.75) is 0 Å². The van der Waals surface area contributed by atoms with Crippen molar-refractivity contribution >= 4 is 162 Å². The van der Waals surface area contributed by atoms with Crippen LogP contribution < -0.4 is 131 Å². The van der Waals surface area contributed by atoms with Crippen molar-refractivity contribution in [2.24, 2.45) is 0 Å². The molecule has 0 aliphatic heterocycles. The van der Waals surface area contributed by atoms with Crippen molar-refractivity contribution in [1.29, 1.82) is 0 Å². The van der Waals surface area contributed by atoms with Gasteiger partial charge >= 0.3 is 11.9 Å². The molecule has 0 saturated carbocycles. The molecule has 22 aromatic rings. The highest BCUT2D eigenvalue weighted by molar-refractivity contribution is 8.03. The maximum atomic E-state index is 10.7. The van der Waals surface area contributed by atoms with Gasteiger partial charge in [-0.3, -0.25) is 7.32 Å². The molecule has 0 bridgehead atoms. The molecule has 2 N–H and O–H groups in total. The van der Waals surface area contributed by atoms with Crippen molar-refractivity contribution in [3.8, 4) is 11.5 Å². The molecule has 9 nitrogen and oxygen atoms in total. The summed E-state index contributed by atoms with van der Waals surface area (Å²) in [4.78, 5) is 20.4. The minimum absolute atomic E-state index is 0.178. The van der Waals surface area contributed by atoms with Crippen molar-refractivity contribution < 1.29 is 45.1 Å². The van der Waals surface area contributed by atoms with Crippen LogP contribution in [-0.2, 0) is 0 Å². The molecule has 22 aromatic carbocycles. The zero-order chi connectivity index (χ0) is 103. The number of carboxylic acid groups (broad SMARTS) is 2. The van der Waals surface area contributed by atoms with Gasteiger partial charge in [0, 0.05) is 0 Å². The van der Waals surface area contributed by atoms with Crippen molar-refractivity contribution in [1.82, 2.24) is 0 Å². The van der Waals surface area contributed by atoms with Gasteiger partial charge in [0.05, 0.1) is 11.1 Å². The van der Waals surface area contributed by atoms with Gasteiger partial charge in [0.2, 0.25) is 0 Å². The van der Waals surface area contributed by atoms with E-state index in [1.807, 2.05) is 0 Å². The van der Waals surface area contributed by atoms with E-state index in [0.29, 0.717) is 0 Å². The third-order valence-electron chi connectivity index (χ3n) is 25.1. The largest absolute Gasteiger partial charge is 0.907 e. The summed E-state index contributed by atoms with van der Waals surface area (Å²) in [5.41, 5.74) is -0.356. The van der Waals surface area contributed by atoms with Crippen LogP contribution in [0.2, 0.25) is 0 Å². The second kappa shape index (κ2) is 54.6. The first-order valence-corrected chi connectivity index (χ1v) is 57.8. The minimum atomic E-state index is -2.92. The summed E-state index contributed by atoms with van der Waals surface area (Å²) in [5.74, 6) is -3.25. The van der Waals surface area contributed by atoms with Gasteiger partial charge in [0.15, 0.2) is 0 Å². The summed E-state index contributed by atoms with van der Waals surface area (Å²) in [6.45, 7) is 0. The van der Waals surface area contributed by atoms with Gasteiger partial charge in [0.25, 0.3) is 0 Å². The van der Waals surface area contributed by atoms with E-state index in [4.69, 9.17) is 25.3 Å². The SMILES string of the molecule is O=C(O)c1ccccc1[O-].O=C(O)c1ccccc1[O-].[O-]B([O-])[O-].c1ccc([P+](c2ccccc2)(c2ccccc2)c2ccccc2)cc1.c1ccc([P+](c2ccccc2)(c2ccccc2)c2ccccc2)cc1.c1ccc([P+](c2ccccc2)(c2ccccc2)c2ccccc2)cc1.c1ccc([P+](c2ccccc2)(c2ccccc2)c2ccccc2)cc1.c1ccc([P+](c2ccccc2)(c2ccccc2)c2ccccc2)cc1. The number of hydrogen-bond donors (Lipinski definition) is 2. The second-order valence-corrected chi connectivity index (χ2v) is 51.0. The number of hydrogen-bond acceptors (Lipinski definition) is 7. The Morgan fingerprint density at radius 3 is 0.262 bits per heavy atom.